The third kappa shape index (κ3) is 2.43. The molecule has 1 aliphatic heterocycles. The fourth-order valence-corrected chi connectivity index (χ4v) is 2.86. The molecule has 0 spiro atoms. The summed E-state index contributed by atoms with van der Waals surface area (Å²) in [6, 6.07) is 0.0891. The molecule has 2 N–H and O–H groups in total. The zero-order valence-electron chi connectivity index (χ0n) is 9.95. The standard InChI is InChI=1S/C12H20N2O2/c1-7-3-4-9(8(2)5-7)13-10-6-11(15)14-12(10)16/h7-10,13H,3-6H2,1-2H3,(H,14,15,16). The molecule has 1 saturated carbocycles. The van der Waals surface area contributed by atoms with Crippen molar-refractivity contribution in [3.8, 4) is 0 Å². The molecule has 4 heteroatoms. The van der Waals surface area contributed by atoms with Gasteiger partial charge in [-0.05, 0) is 31.1 Å². The number of hydrogen-bond donors (Lipinski definition) is 2. The van der Waals surface area contributed by atoms with Gasteiger partial charge in [0.2, 0.25) is 11.8 Å². The molecular weight excluding hydrogens is 204 g/mol. The smallest absolute Gasteiger partial charge is 0.244 e. The fraction of sp³-hybridized carbons (Fsp3) is 0.833. The van der Waals surface area contributed by atoms with E-state index >= 15 is 0 Å². The predicted molar refractivity (Wildman–Crippen MR) is 60.7 cm³/mol. The Morgan fingerprint density at radius 2 is 2.00 bits per heavy atom. The second-order valence-electron chi connectivity index (χ2n) is 5.34. The topological polar surface area (TPSA) is 58.2 Å². The van der Waals surface area contributed by atoms with Gasteiger partial charge in [0, 0.05) is 6.04 Å². The van der Waals surface area contributed by atoms with Crippen LogP contribution in [0.15, 0.2) is 0 Å². The van der Waals surface area contributed by atoms with Gasteiger partial charge in [-0.25, -0.2) is 0 Å². The van der Waals surface area contributed by atoms with Gasteiger partial charge in [0.1, 0.15) is 0 Å². The first-order chi connectivity index (χ1) is 7.56. The Bertz CT molecular complexity index is 303. The fourth-order valence-electron chi connectivity index (χ4n) is 2.86. The van der Waals surface area contributed by atoms with Crippen LogP contribution in [0.5, 0.6) is 0 Å². The number of nitrogens with one attached hydrogen (secondary N) is 2. The third-order valence-electron chi connectivity index (χ3n) is 3.82. The van der Waals surface area contributed by atoms with Gasteiger partial charge >= 0.3 is 0 Å². The van der Waals surface area contributed by atoms with E-state index in [9.17, 15) is 9.59 Å². The molecular formula is C12H20N2O2. The summed E-state index contributed by atoms with van der Waals surface area (Å²) in [5.74, 6) is 1.06. The highest BCUT2D eigenvalue weighted by atomic mass is 16.2. The van der Waals surface area contributed by atoms with Gasteiger partial charge < -0.3 is 5.32 Å². The van der Waals surface area contributed by atoms with E-state index in [0.29, 0.717) is 18.4 Å². The van der Waals surface area contributed by atoms with Crippen LogP contribution >= 0.6 is 0 Å². The largest absolute Gasteiger partial charge is 0.302 e. The quantitative estimate of drug-likeness (QED) is 0.683. The highest BCUT2D eigenvalue weighted by Gasteiger charge is 2.34. The molecule has 2 fully saturated rings. The van der Waals surface area contributed by atoms with Crippen LogP contribution in [-0.2, 0) is 9.59 Å². The lowest BCUT2D eigenvalue weighted by atomic mass is 9.79. The Labute approximate surface area is 96.2 Å². The molecule has 90 valence electrons. The summed E-state index contributed by atoms with van der Waals surface area (Å²) in [4.78, 5) is 22.5. The Balaban J connectivity index is 1.90. The summed E-state index contributed by atoms with van der Waals surface area (Å²) in [5.41, 5.74) is 0. The van der Waals surface area contributed by atoms with Crippen molar-refractivity contribution in [1.29, 1.82) is 0 Å². The minimum Gasteiger partial charge on any atom is -0.302 e. The average Bonchev–Trinajstić information content (AvgIpc) is 2.50. The third-order valence-corrected chi connectivity index (χ3v) is 3.82. The van der Waals surface area contributed by atoms with E-state index in [0.717, 1.165) is 12.3 Å². The molecule has 0 aromatic carbocycles. The highest BCUT2D eigenvalue weighted by Crippen LogP contribution is 2.29. The van der Waals surface area contributed by atoms with Gasteiger partial charge in [-0.1, -0.05) is 13.8 Å². The van der Waals surface area contributed by atoms with Crippen molar-refractivity contribution >= 4 is 11.8 Å². The summed E-state index contributed by atoms with van der Waals surface area (Å²) in [6.45, 7) is 4.50. The first-order valence-corrected chi connectivity index (χ1v) is 6.16. The summed E-state index contributed by atoms with van der Waals surface area (Å²) in [5, 5.41) is 5.68. The molecule has 1 aliphatic carbocycles. The van der Waals surface area contributed by atoms with Gasteiger partial charge in [0.05, 0.1) is 12.5 Å². The number of carbonyl (C=O) groups is 2. The number of imide groups is 1. The normalized spacial score (nSPS) is 39.9. The molecule has 16 heavy (non-hydrogen) atoms. The molecule has 0 aromatic heterocycles. The van der Waals surface area contributed by atoms with Crippen molar-refractivity contribution in [3.05, 3.63) is 0 Å². The van der Waals surface area contributed by atoms with Gasteiger partial charge in [-0.15, -0.1) is 0 Å². The summed E-state index contributed by atoms with van der Waals surface area (Å²) in [7, 11) is 0. The van der Waals surface area contributed by atoms with Crippen molar-refractivity contribution in [2.45, 2.75) is 51.6 Å². The van der Waals surface area contributed by atoms with Crippen LogP contribution in [-0.4, -0.2) is 23.9 Å². The zero-order valence-corrected chi connectivity index (χ0v) is 9.95. The SMILES string of the molecule is CC1CCC(NC2CC(=O)NC2=O)C(C)C1. The molecule has 2 aliphatic rings. The molecule has 1 heterocycles. The summed E-state index contributed by atoms with van der Waals surface area (Å²) < 4.78 is 0. The molecule has 4 unspecified atom stereocenters. The molecule has 4 atom stereocenters. The van der Waals surface area contributed by atoms with E-state index in [1.54, 1.807) is 0 Å². The average molecular weight is 224 g/mol. The van der Waals surface area contributed by atoms with Crippen LogP contribution in [0.25, 0.3) is 0 Å². The van der Waals surface area contributed by atoms with Gasteiger partial charge in [0.15, 0.2) is 0 Å². The minimum atomic E-state index is -0.298. The zero-order chi connectivity index (χ0) is 11.7. The molecule has 0 bridgehead atoms. The van der Waals surface area contributed by atoms with Crippen molar-refractivity contribution in [3.63, 3.8) is 0 Å². The van der Waals surface area contributed by atoms with Crippen molar-refractivity contribution < 1.29 is 9.59 Å². The van der Waals surface area contributed by atoms with E-state index in [-0.39, 0.29) is 17.9 Å². The molecule has 2 rings (SSSR count). The molecule has 0 radical (unpaired) electrons. The number of rotatable bonds is 2. The van der Waals surface area contributed by atoms with Crippen LogP contribution in [0.1, 0.15) is 39.5 Å². The highest BCUT2D eigenvalue weighted by molar-refractivity contribution is 6.05. The second-order valence-corrected chi connectivity index (χ2v) is 5.34. The monoisotopic (exact) mass is 224 g/mol. The van der Waals surface area contributed by atoms with Gasteiger partial charge in [0.25, 0.3) is 0 Å². The van der Waals surface area contributed by atoms with Crippen molar-refractivity contribution in [2.24, 2.45) is 11.8 Å². The van der Waals surface area contributed by atoms with Crippen molar-refractivity contribution in [2.75, 3.05) is 0 Å². The Kier molecular flexibility index (Phi) is 3.28. The summed E-state index contributed by atoms with van der Waals surface area (Å²) in [6.07, 6.45) is 3.84. The first kappa shape index (κ1) is 11.6. The van der Waals surface area contributed by atoms with Crippen molar-refractivity contribution in [1.82, 2.24) is 10.6 Å². The maximum absolute atomic E-state index is 11.4. The molecule has 2 amide bonds. The number of hydrogen-bond acceptors (Lipinski definition) is 3. The van der Waals surface area contributed by atoms with Crippen LogP contribution in [0, 0.1) is 11.8 Å². The van der Waals surface area contributed by atoms with Gasteiger partial charge in [-0.2, -0.15) is 0 Å². The van der Waals surface area contributed by atoms with Crippen LogP contribution in [0.4, 0.5) is 0 Å². The molecule has 0 aromatic rings. The van der Waals surface area contributed by atoms with E-state index in [2.05, 4.69) is 24.5 Å². The number of amides is 2. The lowest BCUT2D eigenvalue weighted by Crippen LogP contribution is -2.47. The van der Waals surface area contributed by atoms with Gasteiger partial charge in [-0.3, -0.25) is 14.9 Å². The first-order valence-electron chi connectivity index (χ1n) is 6.16. The van der Waals surface area contributed by atoms with Crippen LogP contribution in [0.3, 0.4) is 0 Å². The lowest BCUT2D eigenvalue weighted by Gasteiger charge is -2.34. The van der Waals surface area contributed by atoms with E-state index in [1.807, 2.05) is 0 Å². The lowest BCUT2D eigenvalue weighted by molar-refractivity contribution is -0.125. The van der Waals surface area contributed by atoms with E-state index < -0.39 is 0 Å². The number of carbonyl (C=O) groups excluding carboxylic acids is 2. The summed E-state index contributed by atoms with van der Waals surface area (Å²) >= 11 is 0. The Morgan fingerprint density at radius 1 is 1.25 bits per heavy atom. The van der Waals surface area contributed by atoms with Crippen LogP contribution < -0.4 is 10.6 Å². The molecule has 4 nitrogen and oxygen atoms in total. The Hall–Kier alpha value is -0.900. The predicted octanol–water partition coefficient (Wildman–Crippen LogP) is 0.816. The van der Waals surface area contributed by atoms with Crippen LogP contribution in [0.2, 0.25) is 0 Å². The second kappa shape index (κ2) is 4.53. The van der Waals surface area contributed by atoms with E-state index in [4.69, 9.17) is 0 Å². The Morgan fingerprint density at radius 3 is 2.56 bits per heavy atom. The maximum Gasteiger partial charge on any atom is 0.244 e. The minimum absolute atomic E-state index is 0.153. The maximum atomic E-state index is 11.4. The van der Waals surface area contributed by atoms with E-state index in [1.165, 1.54) is 12.8 Å². The molecule has 1 saturated heterocycles.